The maximum atomic E-state index is 13.5. The molecule has 0 aliphatic rings. The number of rotatable bonds is 4. The van der Waals surface area contributed by atoms with Crippen molar-refractivity contribution in [2.24, 2.45) is 7.05 Å². The minimum atomic E-state index is -0.624. The van der Waals surface area contributed by atoms with Gasteiger partial charge in [-0.1, -0.05) is 18.5 Å². The highest BCUT2D eigenvalue weighted by Crippen LogP contribution is 2.22. The van der Waals surface area contributed by atoms with Crippen LogP contribution >= 0.6 is 11.6 Å². The van der Waals surface area contributed by atoms with Gasteiger partial charge in [0.25, 0.3) is 0 Å². The van der Waals surface area contributed by atoms with Gasteiger partial charge < -0.3 is 0 Å². The molecule has 0 bridgehead atoms. The Balaban J connectivity index is 2.30. The summed E-state index contributed by atoms with van der Waals surface area (Å²) >= 11 is 6.16. The van der Waals surface area contributed by atoms with Crippen LogP contribution < -0.4 is 0 Å². The summed E-state index contributed by atoms with van der Waals surface area (Å²) in [5, 5.41) is 4.70. The van der Waals surface area contributed by atoms with E-state index in [1.165, 1.54) is 12.3 Å². The smallest absolute Gasteiger partial charge is 0.171 e. The first-order valence-electron chi connectivity index (χ1n) is 5.87. The van der Waals surface area contributed by atoms with E-state index in [-0.39, 0.29) is 17.8 Å². The highest BCUT2D eigenvalue weighted by atomic mass is 35.5. The zero-order chi connectivity index (χ0) is 14.0. The van der Waals surface area contributed by atoms with Crippen LogP contribution in [-0.2, 0) is 19.9 Å². The Bertz CT molecular complexity index is 624. The molecule has 19 heavy (non-hydrogen) atoms. The number of aromatic nitrogens is 3. The van der Waals surface area contributed by atoms with E-state index in [9.17, 15) is 9.18 Å². The summed E-state index contributed by atoms with van der Waals surface area (Å²) in [6.07, 6.45) is 3.11. The summed E-state index contributed by atoms with van der Waals surface area (Å²) in [6.45, 7) is 1.93. The lowest BCUT2D eigenvalue weighted by Gasteiger charge is -2.03. The number of hydrogen-bond acceptors (Lipinski definition) is 3. The molecule has 4 nitrogen and oxygen atoms in total. The van der Waals surface area contributed by atoms with Gasteiger partial charge in [0.1, 0.15) is 0 Å². The number of hydrogen-bond donors (Lipinski definition) is 0. The number of aryl methyl sites for hydroxylation is 2. The summed E-state index contributed by atoms with van der Waals surface area (Å²) < 4.78 is 15.0. The molecule has 0 radical (unpaired) electrons. The van der Waals surface area contributed by atoms with Gasteiger partial charge in [-0.05, 0) is 12.5 Å². The fourth-order valence-electron chi connectivity index (χ4n) is 1.86. The van der Waals surface area contributed by atoms with Gasteiger partial charge in [0.2, 0.25) is 0 Å². The van der Waals surface area contributed by atoms with Gasteiger partial charge >= 0.3 is 0 Å². The lowest BCUT2D eigenvalue weighted by Crippen LogP contribution is -2.10. The topological polar surface area (TPSA) is 47.8 Å². The minimum Gasteiger partial charge on any atom is -0.294 e. The Morgan fingerprint density at radius 2 is 2.26 bits per heavy atom. The molecule has 0 aliphatic heterocycles. The van der Waals surface area contributed by atoms with Crippen LogP contribution in [0.3, 0.4) is 0 Å². The van der Waals surface area contributed by atoms with Gasteiger partial charge in [0.15, 0.2) is 11.6 Å². The number of halogens is 2. The molecule has 100 valence electrons. The molecule has 6 heteroatoms. The Morgan fingerprint density at radius 3 is 2.84 bits per heavy atom. The summed E-state index contributed by atoms with van der Waals surface area (Å²) in [5.74, 6) is -0.964. The molecule has 2 aromatic rings. The predicted octanol–water partition coefficient (Wildman–Crippen LogP) is 2.60. The molecule has 0 saturated heterocycles. The number of ketones is 1. The number of carbonyl (C=O) groups is 1. The third-order valence-electron chi connectivity index (χ3n) is 2.90. The van der Waals surface area contributed by atoms with Crippen LogP contribution in [0.1, 0.15) is 28.7 Å². The van der Waals surface area contributed by atoms with Gasteiger partial charge in [-0.3, -0.25) is 14.5 Å². The first-order valence-corrected chi connectivity index (χ1v) is 6.25. The van der Waals surface area contributed by atoms with Crippen LogP contribution in [0.15, 0.2) is 18.5 Å². The molecule has 2 heterocycles. The predicted molar refractivity (Wildman–Crippen MR) is 69.8 cm³/mol. The SMILES string of the molecule is CCc1nn(C)c(CC(=O)c2ccncc2F)c1Cl. The maximum absolute atomic E-state index is 13.5. The number of nitrogens with zero attached hydrogens (tertiary/aromatic N) is 3. The zero-order valence-electron chi connectivity index (χ0n) is 10.7. The van der Waals surface area contributed by atoms with E-state index in [4.69, 9.17) is 11.6 Å². The average molecular weight is 282 g/mol. The van der Waals surface area contributed by atoms with Crippen molar-refractivity contribution >= 4 is 17.4 Å². The summed E-state index contributed by atoms with van der Waals surface area (Å²) in [5.41, 5.74) is 1.35. The van der Waals surface area contributed by atoms with Gasteiger partial charge in [0.05, 0.1) is 34.6 Å². The fourth-order valence-corrected chi connectivity index (χ4v) is 2.22. The van der Waals surface area contributed by atoms with Crippen LogP contribution in [0.4, 0.5) is 4.39 Å². The largest absolute Gasteiger partial charge is 0.294 e. The lowest BCUT2D eigenvalue weighted by molar-refractivity contribution is 0.0986. The Hall–Kier alpha value is -1.75. The van der Waals surface area contributed by atoms with Gasteiger partial charge in [0, 0.05) is 13.2 Å². The average Bonchev–Trinajstić information content (AvgIpc) is 2.66. The molecule has 0 amide bonds. The van der Waals surface area contributed by atoms with E-state index in [1.54, 1.807) is 11.7 Å². The quantitative estimate of drug-likeness (QED) is 0.809. The Kier molecular flexibility index (Phi) is 3.95. The maximum Gasteiger partial charge on any atom is 0.171 e. The van der Waals surface area contributed by atoms with Crippen molar-refractivity contribution in [3.63, 3.8) is 0 Å². The molecule has 2 rings (SSSR count). The molecule has 0 spiro atoms. The number of carbonyl (C=O) groups excluding carboxylic acids is 1. The standard InChI is InChI=1S/C13H13ClFN3O/c1-3-10-13(14)11(18(2)17-10)6-12(19)8-4-5-16-7-9(8)15/h4-5,7H,3,6H2,1-2H3. The second kappa shape index (κ2) is 5.48. The Labute approximate surface area is 115 Å². The van der Waals surface area contributed by atoms with E-state index < -0.39 is 5.82 Å². The van der Waals surface area contributed by atoms with Crippen molar-refractivity contribution in [2.75, 3.05) is 0 Å². The van der Waals surface area contributed by atoms with E-state index >= 15 is 0 Å². The molecule has 0 aliphatic carbocycles. The third-order valence-corrected chi connectivity index (χ3v) is 3.34. The van der Waals surface area contributed by atoms with Crippen molar-refractivity contribution in [1.29, 1.82) is 0 Å². The summed E-state index contributed by atoms with van der Waals surface area (Å²) in [6, 6.07) is 1.36. The van der Waals surface area contributed by atoms with E-state index in [0.717, 1.165) is 11.9 Å². The second-order valence-corrected chi connectivity index (χ2v) is 4.52. The van der Waals surface area contributed by atoms with Crippen molar-refractivity contribution in [3.05, 3.63) is 46.3 Å². The van der Waals surface area contributed by atoms with Crippen LogP contribution in [-0.4, -0.2) is 20.5 Å². The molecule has 0 saturated carbocycles. The highest BCUT2D eigenvalue weighted by molar-refractivity contribution is 6.32. The number of pyridine rings is 1. The molecule has 0 unspecified atom stereocenters. The summed E-state index contributed by atoms with van der Waals surface area (Å²) in [7, 11) is 1.72. The van der Waals surface area contributed by atoms with Crippen molar-refractivity contribution in [3.8, 4) is 0 Å². The minimum absolute atomic E-state index is 0.0171. The monoisotopic (exact) mass is 281 g/mol. The Morgan fingerprint density at radius 1 is 1.53 bits per heavy atom. The summed E-state index contributed by atoms with van der Waals surface area (Å²) in [4.78, 5) is 15.7. The highest BCUT2D eigenvalue weighted by Gasteiger charge is 2.19. The molecular weight excluding hydrogens is 269 g/mol. The van der Waals surface area contributed by atoms with E-state index in [2.05, 4.69) is 10.1 Å². The van der Waals surface area contributed by atoms with E-state index in [0.29, 0.717) is 17.1 Å². The van der Waals surface area contributed by atoms with Crippen LogP contribution in [0.2, 0.25) is 5.02 Å². The molecule has 0 fully saturated rings. The fraction of sp³-hybridized carbons (Fsp3) is 0.308. The van der Waals surface area contributed by atoms with Crippen molar-refractivity contribution in [2.45, 2.75) is 19.8 Å². The first-order chi connectivity index (χ1) is 9.04. The molecular formula is C13H13ClFN3O. The van der Waals surface area contributed by atoms with Crippen LogP contribution in [0, 0.1) is 5.82 Å². The van der Waals surface area contributed by atoms with Crippen LogP contribution in [0.5, 0.6) is 0 Å². The molecule has 2 aromatic heterocycles. The molecule has 0 N–H and O–H groups in total. The van der Waals surface area contributed by atoms with E-state index in [1.807, 2.05) is 6.92 Å². The normalized spacial score (nSPS) is 10.7. The lowest BCUT2D eigenvalue weighted by atomic mass is 10.1. The molecule has 0 aromatic carbocycles. The van der Waals surface area contributed by atoms with Gasteiger partial charge in [-0.2, -0.15) is 5.10 Å². The first kappa shape index (κ1) is 13.7. The van der Waals surface area contributed by atoms with Crippen molar-refractivity contribution < 1.29 is 9.18 Å². The van der Waals surface area contributed by atoms with Gasteiger partial charge in [-0.25, -0.2) is 4.39 Å². The number of Topliss-reactive ketones (excluding diaryl/α,β-unsaturated/α-hetero) is 1. The molecule has 0 atom stereocenters. The zero-order valence-corrected chi connectivity index (χ0v) is 11.4. The third kappa shape index (κ3) is 2.66. The second-order valence-electron chi connectivity index (χ2n) is 4.14. The van der Waals surface area contributed by atoms with Crippen LogP contribution in [0.25, 0.3) is 0 Å². The van der Waals surface area contributed by atoms with Crippen molar-refractivity contribution in [1.82, 2.24) is 14.8 Å². The van der Waals surface area contributed by atoms with Gasteiger partial charge in [-0.15, -0.1) is 0 Å².